The highest BCUT2D eigenvalue weighted by atomic mass is 19.4. The van der Waals surface area contributed by atoms with E-state index in [1.165, 1.54) is 6.07 Å². The van der Waals surface area contributed by atoms with E-state index in [4.69, 9.17) is 0 Å². The van der Waals surface area contributed by atoms with Gasteiger partial charge in [-0.15, -0.1) is 0 Å². The smallest absolute Gasteiger partial charge is 0.248 e. The molecule has 0 radical (unpaired) electrons. The minimum atomic E-state index is -4.32. The van der Waals surface area contributed by atoms with Gasteiger partial charge in [0.15, 0.2) is 0 Å². The number of halogens is 3. The number of hydrogen-bond acceptors (Lipinski definition) is 1. The number of alkyl halides is 3. The molecule has 76 valence electrons. The third kappa shape index (κ3) is 1.74. The third-order valence-corrected chi connectivity index (χ3v) is 2.39. The van der Waals surface area contributed by atoms with Crippen molar-refractivity contribution < 1.29 is 13.2 Å². The van der Waals surface area contributed by atoms with E-state index in [9.17, 15) is 13.2 Å². The summed E-state index contributed by atoms with van der Waals surface area (Å²) in [6.07, 6.45) is -2.39. The van der Waals surface area contributed by atoms with Gasteiger partial charge in [0, 0.05) is 11.6 Å². The fourth-order valence-corrected chi connectivity index (χ4v) is 1.47. The first kappa shape index (κ1) is 9.49. The van der Waals surface area contributed by atoms with Crippen molar-refractivity contribution in [3.63, 3.8) is 0 Å². The van der Waals surface area contributed by atoms with Crippen molar-refractivity contribution in [1.82, 2.24) is 4.98 Å². The lowest BCUT2D eigenvalue weighted by molar-refractivity contribution is -0.141. The molecule has 1 aliphatic carbocycles. The minimum absolute atomic E-state index is 0.261. The van der Waals surface area contributed by atoms with Crippen LogP contribution in [0.25, 0.3) is 0 Å². The Morgan fingerprint density at radius 3 is 2.43 bits per heavy atom. The molecule has 1 nitrogen and oxygen atoms in total. The van der Waals surface area contributed by atoms with Crippen LogP contribution in [0.3, 0.4) is 0 Å². The Hall–Kier alpha value is -1.06. The highest BCUT2D eigenvalue weighted by Crippen LogP contribution is 2.41. The van der Waals surface area contributed by atoms with Crippen molar-refractivity contribution in [2.75, 3.05) is 0 Å². The maximum absolute atomic E-state index is 12.3. The van der Waals surface area contributed by atoms with Gasteiger partial charge in [0.25, 0.3) is 0 Å². The van der Waals surface area contributed by atoms with Crippen molar-refractivity contribution in [1.29, 1.82) is 0 Å². The summed E-state index contributed by atoms with van der Waals surface area (Å²) in [6, 6.07) is 2.55. The first-order chi connectivity index (χ1) is 6.48. The molecule has 14 heavy (non-hydrogen) atoms. The number of nitrogens with zero attached hydrogens (tertiary/aromatic N) is 1. The van der Waals surface area contributed by atoms with Crippen molar-refractivity contribution in [3.05, 3.63) is 29.1 Å². The predicted octanol–water partition coefficient (Wildman–Crippen LogP) is 3.29. The van der Waals surface area contributed by atoms with E-state index in [1.807, 2.05) is 0 Å². The summed E-state index contributed by atoms with van der Waals surface area (Å²) in [5.41, 5.74) is 0.713. The lowest BCUT2D eigenvalue weighted by atomic mass is 10.1. The molecule has 0 amide bonds. The molecule has 2 rings (SSSR count). The van der Waals surface area contributed by atoms with Gasteiger partial charge in [-0.05, 0) is 31.4 Å². The summed E-state index contributed by atoms with van der Waals surface area (Å²) < 4.78 is 37.0. The van der Waals surface area contributed by atoms with Crippen LogP contribution < -0.4 is 0 Å². The first-order valence-electron chi connectivity index (χ1n) is 4.53. The summed E-state index contributed by atoms with van der Waals surface area (Å²) in [7, 11) is 0. The first-order valence-corrected chi connectivity index (χ1v) is 4.53. The van der Waals surface area contributed by atoms with Crippen LogP contribution in [0, 0.1) is 6.92 Å². The van der Waals surface area contributed by atoms with E-state index in [1.54, 1.807) is 6.92 Å². The second-order valence-corrected chi connectivity index (χ2v) is 3.67. The summed E-state index contributed by atoms with van der Waals surface area (Å²) >= 11 is 0. The molecule has 0 saturated heterocycles. The van der Waals surface area contributed by atoms with Gasteiger partial charge >= 0.3 is 6.18 Å². The predicted molar refractivity (Wildman–Crippen MR) is 46.0 cm³/mol. The summed E-state index contributed by atoms with van der Waals surface area (Å²) in [6.45, 7) is 1.81. The van der Waals surface area contributed by atoms with E-state index in [-0.39, 0.29) is 5.92 Å². The molecule has 0 bridgehead atoms. The molecule has 1 saturated carbocycles. The fourth-order valence-electron chi connectivity index (χ4n) is 1.47. The molecule has 0 aromatic carbocycles. The number of aromatic nitrogens is 1. The monoisotopic (exact) mass is 201 g/mol. The maximum atomic E-state index is 12.3. The Kier molecular flexibility index (Phi) is 2.01. The normalized spacial score (nSPS) is 17.1. The van der Waals surface area contributed by atoms with Crippen LogP contribution in [0.1, 0.15) is 35.7 Å². The van der Waals surface area contributed by atoms with Crippen LogP contribution in [0.4, 0.5) is 13.2 Å². The summed E-state index contributed by atoms with van der Waals surface area (Å²) in [5, 5.41) is 0. The number of aryl methyl sites for hydroxylation is 1. The SMILES string of the molecule is Cc1ccc(C(F)(F)F)nc1C1CC1. The van der Waals surface area contributed by atoms with E-state index < -0.39 is 11.9 Å². The number of rotatable bonds is 1. The van der Waals surface area contributed by atoms with Gasteiger partial charge in [0.1, 0.15) is 5.69 Å². The zero-order valence-electron chi connectivity index (χ0n) is 7.73. The minimum Gasteiger partial charge on any atom is -0.248 e. The van der Waals surface area contributed by atoms with Crippen LogP contribution in [0.15, 0.2) is 12.1 Å². The van der Waals surface area contributed by atoms with Crippen molar-refractivity contribution >= 4 is 0 Å². The van der Waals surface area contributed by atoms with Gasteiger partial charge < -0.3 is 0 Å². The standard InChI is InChI=1S/C10H10F3N/c1-6-2-5-8(10(11,12)13)14-9(6)7-3-4-7/h2,5,7H,3-4H2,1H3. The van der Waals surface area contributed by atoms with E-state index in [2.05, 4.69) is 4.98 Å². The van der Waals surface area contributed by atoms with Crippen LogP contribution in [-0.4, -0.2) is 4.98 Å². The Morgan fingerprint density at radius 2 is 1.93 bits per heavy atom. The molecule has 1 aromatic heterocycles. The number of pyridine rings is 1. The molecule has 1 heterocycles. The molecule has 0 N–H and O–H groups in total. The Bertz CT molecular complexity index is 353. The zero-order valence-corrected chi connectivity index (χ0v) is 7.73. The molecule has 4 heteroatoms. The van der Waals surface area contributed by atoms with Crippen LogP contribution in [0.2, 0.25) is 0 Å². The van der Waals surface area contributed by atoms with E-state index in [0.29, 0.717) is 5.69 Å². The van der Waals surface area contributed by atoms with Crippen molar-refractivity contribution in [2.45, 2.75) is 31.9 Å². The van der Waals surface area contributed by atoms with Crippen LogP contribution in [-0.2, 0) is 6.18 Å². The van der Waals surface area contributed by atoms with Crippen molar-refractivity contribution in [3.8, 4) is 0 Å². The Labute approximate surface area is 80.0 Å². The molecule has 0 atom stereocenters. The average Bonchev–Trinajstić information content (AvgIpc) is 2.85. The van der Waals surface area contributed by atoms with E-state index in [0.717, 1.165) is 24.5 Å². The third-order valence-electron chi connectivity index (χ3n) is 2.39. The highest BCUT2D eigenvalue weighted by Gasteiger charge is 2.35. The molecule has 1 aliphatic rings. The molecule has 0 spiro atoms. The lowest BCUT2D eigenvalue weighted by Crippen LogP contribution is -2.09. The number of hydrogen-bond donors (Lipinski definition) is 0. The van der Waals surface area contributed by atoms with Crippen LogP contribution >= 0.6 is 0 Å². The second-order valence-electron chi connectivity index (χ2n) is 3.67. The Balaban J connectivity index is 2.40. The Morgan fingerprint density at radius 1 is 1.29 bits per heavy atom. The van der Waals surface area contributed by atoms with E-state index >= 15 is 0 Å². The van der Waals surface area contributed by atoms with Gasteiger partial charge in [-0.3, -0.25) is 0 Å². The molecule has 0 unspecified atom stereocenters. The second kappa shape index (κ2) is 2.97. The fraction of sp³-hybridized carbons (Fsp3) is 0.500. The maximum Gasteiger partial charge on any atom is 0.433 e. The quantitative estimate of drug-likeness (QED) is 0.679. The molecule has 1 fully saturated rings. The molecular formula is C10H10F3N. The van der Waals surface area contributed by atoms with Gasteiger partial charge in [-0.1, -0.05) is 6.07 Å². The lowest BCUT2D eigenvalue weighted by Gasteiger charge is -2.09. The van der Waals surface area contributed by atoms with Gasteiger partial charge in [-0.25, -0.2) is 4.98 Å². The average molecular weight is 201 g/mol. The molecule has 1 aromatic rings. The van der Waals surface area contributed by atoms with Crippen molar-refractivity contribution in [2.24, 2.45) is 0 Å². The largest absolute Gasteiger partial charge is 0.433 e. The molecule has 0 aliphatic heterocycles. The zero-order chi connectivity index (χ0) is 10.3. The van der Waals surface area contributed by atoms with Crippen LogP contribution in [0.5, 0.6) is 0 Å². The summed E-state index contributed by atoms with van der Waals surface area (Å²) in [4.78, 5) is 3.68. The topological polar surface area (TPSA) is 12.9 Å². The summed E-state index contributed by atoms with van der Waals surface area (Å²) in [5.74, 6) is 0.261. The van der Waals surface area contributed by atoms with Gasteiger partial charge in [-0.2, -0.15) is 13.2 Å². The highest BCUT2D eigenvalue weighted by molar-refractivity contribution is 5.28. The molecular weight excluding hydrogens is 191 g/mol. The van der Waals surface area contributed by atoms with Gasteiger partial charge in [0.2, 0.25) is 0 Å². The van der Waals surface area contributed by atoms with Gasteiger partial charge in [0.05, 0.1) is 0 Å².